The van der Waals surface area contributed by atoms with E-state index in [1.54, 1.807) is 12.1 Å². The number of carbonyl (C=O) groups is 2. The van der Waals surface area contributed by atoms with Gasteiger partial charge in [-0.3, -0.25) is 9.59 Å². The molecule has 0 aliphatic carbocycles. The highest BCUT2D eigenvalue weighted by Crippen LogP contribution is 2.07. The number of amides is 1. The van der Waals surface area contributed by atoms with Crippen LogP contribution < -0.4 is 5.32 Å². The Morgan fingerprint density at radius 3 is 2.81 bits per heavy atom. The Morgan fingerprint density at radius 1 is 1.56 bits per heavy atom. The van der Waals surface area contributed by atoms with Gasteiger partial charge in [0.15, 0.2) is 5.76 Å². The number of carbonyl (C=O) groups excluding carboxylic acids is 1. The molecule has 0 fully saturated rings. The highest BCUT2D eigenvalue weighted by atomic mass is 16.4. The summed E-state index contributed by atoms with van der Waals surface area (Å²) < 4.78 is 4.91. The maximum Gasteiger partial charge on any atom is 0.303 e. The fourth-order valence-corrected chi connectivity index (χ4v) is 1.34. The lowest BCUT2D eigenvalue weighted by atomic mass is 10.0. The molecule has 0 aliphatic rings. The zero-order valence-corrected chi connectivity index (χ0v) is 9.10. The molecule has 0 spiro atoms. The van der Waals surface area contributed by atoms with Gasteiger partial charge >= 0.3 is 5.97 Å². The normalized spacial score (nSPS) is 12.1. The lowest BCUT2D eigenvalue weighted by molar-refractivity contribution is -0.138. The SMILES string of the molecule is CCC(CNC(=O)c1ccco1)CC(=O)O. The molecular weight excluding hydrogens is 210 g/mol. The first-order valence-corrected chi connectivity index (χ1v) is 5.17. The molecule has 0 aromatic carbocycles. The van der Waals surface area contributed by atoms with Gasteiger partial charge in [0.25, 0.3) is 5.91 Å². The molecule has 0 saturated carbocycles. The van der Waals surface area contributed by atoms with Gasteiger partial charge in [-0.15, -0.1) is 0 Å². The van der Waals surface area contributed by atoms with Crippen molar-refractivity contribution in [2.45, 2.75) is 19.8 Å². The largest absolute Gasteiger partial charge is 0.481 e. The first-order chi connectivity index (χ1) is 7.63. The smallest absolute Gasteiger partial charge is 0.303 e. The Kier molecular flexibility index (Phi) is 4.57. The summed E-state index contributed by atoms with van der Waals surface area (Å²) in [5.74, 6) is -0.963. The zero-order valence-electron chi connectivity index (χ0n) is 9.10. The third-order valence-electron chi connectivity index (χ3n) is 2.34. The average molecular weight is 225 g/mol. The van der Waals surface area contributed by atoms with Gasteiger partial charge in [-0.05, 0) is 18.1 Å². The maximum absolute atomic E-state index is 11.5. The number of rotatable bonds is 6. The number of aliphatic carboxylic acids is 1. The quantitative estimate of drug-likeness (QED) is 0.769. The predicted molar refractivity (Wildman–Crippen MR) is 57.1 cm³/mol. The molecule has 1 aromatic rings. The van der Waals surface area contributed by atoms with E-state index in [2.05, 4.69) is 5.32 Å². The standard InChI is InChI=1S/C11H15NO4/c1-2-8(6-10(13)14)7-12-11(15)9-4-3-5-16-9/h3-5,8H,2,6-7H2,1H3,(H,12,15)(H,13,14). The van der Waals surface area contributed by atoms with E-state index < -0.39 is 5.97 Å². The van der Waals surface area contributed by atoms with Crippen LogP contribution in [-0.2, 0) is 4.79 Å². The second-order valence-corrected chi connectivity index (χ2v) is 3.56. The number of carboxylic acid groups (broad SMARTS) is 1. The van der Waals surface area contributed by atoms with Crippen LogP contribution in [0, 0.1) is 5.92 Å². The lowest BCUT2D eigenvalue weighted by Gasteiger charge is -2.12. The lowest BCUT2D eigenvalue weighted by Crippen LogP contribution is -2.29. The van der Waals surface area contributed by atoms with Crippen molar-refractivity contribution < 1.29 is 19.1 Å². The Bertz CT molecular complexity index is 345. The second kappa shape index (κ2) is 5.95. The van der Waals surface area contributed by atoms with Gasteiger partial charge in [-0.2, -0.15) is 0 Å². The third kappa shape index (κ3) is 3.76. The summed E-state index contributed by atoms with van der Waals surface area (Å²) in [6.07, 6.45) is 2.20. The minimum atomic E-state index is -0.848. The van der Waals surface area contributed by atoms with Crippen LogP contribution in [0.4, 0.5) is 0 Å². The summed E-state index contributed by atoms with van der Waals surface area (Å²) in [6, 6.07) is 3.19. The topological polar surface area (TPSA) is 79.5 Å². The Balaban J connectivity index is 2.38. The van der Waals surface area contributed by atoms with E-state index in [0.29, 0.717) is 13.0 Å². The van der Waals surface area contributed by atoms with Gasteiger partial charge in [0.1, 0.15) is 0 Å². The van der Waals surface area contributed by atoms with Crippen LogP contribution in [0.25, 0.3) is 0 Å². The van der Waals surface area contributed by atoms with Crippen LogP contribution >= 0.6 is 0 Å². The first kappa shape index (κ1) is 12.3. The maximum atomic E-state index is 11.5. The van der Waals surface area contributed by atoms with E-state index in [1.165, 1.54) is 6.26 Å². The van der Waals surface area contributed by atoms with Gasteiger partial charge in [-0.1, -0.05) is 13.3 Å². The molecule has 0 radical (unpaired) electrons. The number of nitrogens with one attached hydrogen (secondary N) is 1. The zero-order chi connectivity index (χ0) is 12.0. The molecule has 5 nitrogen and oxygen atoms in total. The van der Waals surface area contributed by atoms with Gasteiger partial charge in [0, 0.05) is 13.0 Å². The van der Waals surface area contributed by atoms with Crippen molar-refractivity contribution >= 4 is 11.9 Å². The average Bonchev–Trinajstić information content (AvgIpc) is 2.76. The molecule has 88 valence electrons. The Hall–Kier alpha value is -1.78. The van der Waals surface area contributed by atoms with Crippen molar-refractivity contribution in [3.63, 3.8) is 0 Å². The van der Waals surface area contributed by atoms with Crippen LogP contribution in [0.1, 0.15) is 30.3 Å². The van der Waals surface area contributed by atoms with Gasteiger partial charge in [0.2, 0.25) is 0 Å². The van der Waals surface area contributed by atoms with Crippen LogP contribution in [0.2, 0.25) is 0 Å². The minimum Gasteiger partial charge on any atom is -0.481 e. The fraction of sp³-hybridized carbons (Fsp3) is 0.455. The number of hydrogen-bond acceptors (Lipinski definition) is 3. The molecule has 1 unspecified atom stereocenters. The van der Waals surface area contributed by atoms with E-state index in [0.717, 1.165) is 0 Å². The van der Waals surface area contributed by atoms with E-state index in [4.69, 9.17) is 9.52 Å². The molecule has 0 aliphatic heterocycles. The highest BCUT2D eigenvalue weighted by Gasteiger charge is 2.14. The second-order valence-electron chi connectivity index (χ2n) is 3.56. The molecule has 16 heavy (non-hydrogen) atoms. The van der Waals surface area contributed by atoms with Gasteiger partial charge < -0.3 is 14.8 Å². The molecule has 1 aromatic heterocycles. The molecule has 1 rings (SSSR count). The van der Waals surface area contributed by atoms with E-state index >= 15 is 0 Å². The Labute approximate surface area is 93.4 Å². The molecule has 0 saturated heterocycles. The molecule has 1 heterocycles. The van der Waals surface area contributed by atoms with Crippen molar-refractivity contribution in [3.8, 4) is 0 Å². The molecule has 1 atom stereocenters. The van der Waals surface area contributed by atoms with Crippen LogP contribution in [0.3, 0.4) is 0 Å². The van der Waals surface area contributed by atoms with Gasteiger partial charge in [0.05, 0.1) is 6.26 Å². The first-order valence-electron chi connectivity index (χ1n) is 5.17. The highest BCUT2D eigenvalue weighted by molar-refractivity contribution is 5.91. The fourth-order valence-electron chi connectivity index (χ4n) is 1.34. The van der Waals surface area contributed by atoms with Crippen molar-refractivity contribution in [2.24, 2.45) is 5.92 Å². The molecule has 5 heteroatoms. The number of hydrogen-bond donors (Lipinski definition) is 2. The summed E-state index contributed by atoms with van der Waals surface area (Å²) >= 11 is 0. The summed E-state index contributed by atoms with van der Waals surface area (Å²) in [5, 5.41) is 11.3. The van der Waals surface area contributed by atoms with Crippen molar-refractivity contribution in [2.75, 3.05) is 6.54 Å². The minimum absolute atomic E-state index is 0.0450. The van der Waals surface area contributed by atoms with Crippen LogP contribution in [0.15, 0.2) is 22.8 Å². The van der Waals surface area contributed by atoms with Crippen molar-refractivity contribution in [3.05, 3.63) is 24.2 Å². The monoisotopic (exact) mass is 225 g/mol. The van der Waals surface area contributed by atoms with Crippen LogP contribution in [0.5, 0.6) is 0 Å². The summed E-state index contributed by atoms with van der Waals surface area (Å²) in [6.45, 7) is 2.25. The van der Waals surface area contributed by atoms with E-state index in [1.807, 2.05) is 6.92 Å². The van der Waals surface area contributed by atoms with Crippen LogP contribution in [-0.4, -0.2) is 23.5 Å². The number of furan rings is 1. The summed E-state index contributed by atoms with van der Waals surface area (Å²) in [4.78, 5) is 22.0. The molecule has 1 amide bonds. The van der Waals surface area contributed by atoms with Crippen molar-refractivity contribution in [1.29, 1.82) is 0 Å². The van der Waals surface area contributed by atoms with Gasteiger partial charge in [-0.25, -0.2) is 0 Å². The molecule has 2 N–H and O–H groups in total. The summed E-state index contributed by atoms with van der Waals surface area (Å²) in [5.41, 5.74) is 0. The number of carboxylic acids is 1. The van der Waals surface area contributed by atoms with Crippen molar-refractivity contribution in [1.82, 2.24) is 5.32 Å². The molecular formula is C11H15NO4. The van der Waals surface area contributed by atoms with E-state index in [9.17, 15) is 9.59 Å². The molecule has 0 bridgehead atoms. The van der Waals surface area contributed by atoms with E-state index in [-0.39, 0.29) is 24.0 Å². The predicted octanol–water partition coefficient (Wildman–Crippen LogP) is 1.51. The Morgan fingerprint density at radius 2 is 2.31 bits per heavy atom. The third-order valence-corrected chi connectivity index (χ3v) is 2.34. The summed E-state index contributed by atoms with van der Waals surface area (Å²) in [7, 11) is 0.